The van der Waals surface area contributed by atoms with E-state index >= 15 is 0 Å². The van der Waals surface area contributed by atoms with Crippen LogP contribution in [0.3, 0.4) is 0 Å². The van der Waals surface area contributed by atoms with Crippen molar-refractivity contribution in [3.63, 3.8) is 0 Å². The highest BCUT2D eigenvalue weighted by Crippen LogP contribution is 2.25. The van der Waals surface area contributed by atoms with Crippen LogP contribution in [0.15, 0.2) is 42.5 Å². The largest absolute Gasteiger partial charge is 0.394 e. The topological polar surface area (TPSA) is 61.8 Å². The molecule has 29 heavy (non-hydrogen) atoms. The van der Waals surface area contributed by atoms with Crippen LogP contribution in [0.25, 0.3) is 6.08 Å². The van der Waals surface area contributed by atoms with E-state index in [1.165, 1.54) is 12.1 Å². The number of aliphatic hydroxyl groups is 1. The molecule has 154 valence electrons. The molecule has 1 amide bonds. The number of benzene rings is 2. The zero-order valence-electron chi connectivity index (χ0n) is 15.6. The van der Waals surface area contributed by atoms with Gasteiger partial charge in [-0.15, -0.1) is 0 Å². The highest BCUT2D eigenvalue weighted by Gasteiger charge is 2.19. The molecule has 0 radical (unpaired) electrons. The van der Waals surface area contributed by atoms with Gasteiger partial charge >= 0.3 is 0 Å². The first-order valence-corrected chi connectivity index (χ1v) is 9.14. The number of morpholine rings is 1. The molecule has 0 saturated carbocycles. The second kappa shape index (κ2) is 9.58. The first kappa shape index (κ1) is 20.9. The van der Waals surface area contributed by atoms with Gasteiger partial charge in [0.05, 0.1) is 31.5 Å². The zero-order chi connectivity index (χ0) is 20.8. The van der Waals surface area contributed by atoms with E-state index in [2.05, 4.69) is 5.32 Å². The van der Waals surface area contributed by atoms with Crippen molar-refractivity contribution >= 4 is 17.7 Å². The summed E-state index contributed by atoms with van der Waals surface area (Å²) < 4.78 is 46.4. The molecule has 1 fully saturated rings. The van der Waals surface area contributed by atoms with Gasteiger partial charge in [-0.25, -0.2) is 13.2 Å². The van der Waals surface area contributed by atoms with E-state index in [4.69, 9.17) is 4.74 Å². The van der Waals surface area contributed by atoms with Crippen molar-refractivity contribution in [3.8, 4) is 0 Å². The van der Waals surface area contributed by atoms with E-state index in [1.54, 1.807) is 6.07 Å². The lowest BCUT2D eigenvalue weighted by atomic mass is 10.1. The van der Waals surface area contributed by atoms with E-state index in [9.17, 15) is 23.1 Å². The molecular weight excluding hydrogens is 385 g/mol. The maximum absolute atomic E-state index is 14.3. The van der Waals surface area contributed by atoms with Crippen LogP contribution in [0.4, 0.5) is 18.9 Å². The molecule has 0 bridgehead atoms. The Morgan fingerprint density at radius 3 is 2.59 bits per heavy atom. The van der Waals surface area contributed by atoms with E-state index in [0.717, 1.165) is 30.4 Å². The lowest BCUT2D eigenvalue weighted by Crippen LogP contribution is -2.37. The number of carbonyl (C=O) groups is 1. The van der Waals surface area contributed by atoms with Gasteiger partial charge in [0.1, 0.15) is 17.5 Å². The number of anilines is 1. The van der Waals surface area contributed by atoms with Crippen LogP contribution in [0.5, 0.6) is 0 Å². The average molecular weight is 406 g/mol. The summed E-state index contributed by atoms with van der Waals surface area (Å²) in [5, 5.41) is 12.3. The molecule has 0 aliphatic carbocycles. The van der Waals surface area contributed by atoms with Crippen molar-refractivity contribution in [1.29, 1.82) is 0 Å². The standard InChI is InChI=1S/C21H21F3N2O3/c22-16-3-5-17(23)14(11-16)2-6-21(28)25-19(13-27)15-1-4-18(24)20(12-15)26-7-9-29-10-8-26/h1-6,11-12,19,27H,7-10,13H2,(H,25,28)/t19-/m0/s1. The highest BCUT2D eigenvalue weighted by atomic mass is 19.1. The number of aliphatic hydroxyl groups excluding tert-OH is 1. The van der Waals surface area contributed by atoms with Crippen molar-refractivity contribution in [2.24, 2.45) is 0 Å². The highest BCUT2D eigenvalue weighted by molar-refractivity contribution is 5.92. The maximum Gasteiger partial charge on any atom is 0.244 e. The molecule has 8 heteroatoms. The number of halogens is 3. The minimum absolute atomic E-state index is 0.0721. The summed E-state index contributed by atoms with van der Waals surface area (Å²) in [6, 6.07) is 6.48. The van der Waals surface area contributed by atoms with Gasteiger partial charge in [-0.1, -0.05) is 6.07 Å². The van der Waals surface area contributed by atoms with Gasteiger partial charge in [-0.05, 0) is 42.0 Å². The van der Waals surface area contributed by atoms with Crippen molar-refractivity contribution < 1.29 is 27.8 Å². The minimum atomic E-state index is -0.787. The first-order valence-electron chi connectivity index (χ1n) is 9.14. The Labute approximate surface area is 166 Å². The molecule has 1 aliphatic heterocycles. The van der Waals surface area contributed by atoms with E-state index in [1.807, 2.05) is 4.90 Å². The van der Waals surface area contributed by atoms with Gasteiger partial charge in [0.25, 0.3) is 0 Å². The molecule has 1 heterocycles. The third-order valence-corrected chi connectivity index (χ3v) is 4.60. The Kier molecular flexibility index (Phi) is 6.90. The van der Waals surface area contributed by atoms with Gasteiger partial charge in [0, 0.05) is 24.7 Å². The summed E-state index contributed by atoms with van der Waals surface area (Å²) in [4.78, 5) is 14.0. The second-order valence-electron chi connectivity index (χ2n) is 6.55. The minimum Gasteiger partial charge on any atom is -0.394 e. The first-order chi connectivity index (χ1) is 14.0. The fourth-order valence-electron chi connectivity index (χ4n) is 3.06. The van der Waals surface area contributed by atoms with Gasteiger partial charge in [0.2, 0.25) is 5.91 Å². The number of nitrogens with zero attached hydrogens (tertiary/aromatic N) is 1. The Bertz CT molecular complexity index is 899. The molecule has 1 atom stereocenters. The van der Waals surface area contributed by atoms with Crippen LogP contribution < -0.4 is 10.2 Å². The van der Waals surface area contributed by atoms with E-state index < -0.39 is 36.0 Å². The predicted molar refractivity (Wildman–Crippen MR) is 103 cm³/mol. The third-order valence-electron chi connectivity index (χ3n) is 4.60. The third kappa shape index (κ3) is 5.36. The fraction of sp³-hybridized carbons (Fsp3) is 0.286. The summed E-state index contributed by atoms with van der Waals surface area (Å²) >= 11 is 0. The smallest absolute Gasteiger partial charge is 0.244 e. The Balaban J connectivity index is 1.73. The molecule has 0 spiro atoms. The molecule has 1 saturated heterocycles. The zero-order valence-corrected chi connectivity index (χ0v) is 15.6. The van der Waals surface area contributed by atoms with Gasteiger partial charge in [-0.2, -0.15) is 0 Å². The fourth-order valence-corrected chi connectivity index (χ4v) is 3.06. The number of hydrogen-bond acceptors (Lipinski definition) is 4. The molecule has 2 N–H and O–H groups in total. The molecule has 0 aromatic heterocycles. The molecule has 2 aromatic carbocycles. The van der Waals surface area contributed by atoms with E-state index in [-0.39, 0.29) is 5.56 Å². The summed E-state index contributed by atoms with van der Waals surface area (Å²) in [6.45, 7) is 1.65. The van der Waals surface area contributed by atoms with Crippen LogP contribution in [0, 0.1) is 17.5 Å². The summed E-state index contributed by atoms with van der Waals surface area (Å²) in [7, 11) is 0. The average Bonchev–Trinajstić information content (AvgIpc) is 2.73. The van der Waals surface area contributed by atoms with Crippen LogP contribution >= 0.6 is 0 Å². The van der Waals surface area contributed by atoms with Gasteiger partial charge in [-0.3, -0.25) is 4.79 Å². The Morgan fingerprint density at radius 2 is 1.86 bits per heavy atom. The van der Waals surface area contributed by atoms with E-state index in [0.29, 0.717) is 37.6 Å². The normalized spacial score (nSPS) is 15.5. The maximum atomic E-state index is 14.3. The number of carbonyl (C=O) groups excluding carboxylic acids is 1. The second-order valence-corrected chi connectivity index (χ2v) is 6.55. The quantitative estimate of drug-likeness (QED) is 0.725. The van der Waals surface area contributed by atoms with Crippen LogP contribution in [-0.2, 0) is 9.53 Å². The van der Waals surface area contributed by atoms with Gasteiger partial charge in [0.15, 0.2) is 0 Å². The SMILES string of the molecule is O=C(C=Cc1cc(F)ccc1F)N[C@@H](CO)c1ccc(F)c(N2CCOCC2)c1. The molecular formula is C21H21F3N2O3. The van der Waals surface area contributed by atoms with Crippen molar-refractivity contribution in [2.45, 2.75) is 6.04 Å². The number of hydrogen-bond donors (Lipinski definition) is 2. The molecule has 0 unspecified atom stereocenters. The van der Waals surface area contributed by atoms with Crippen molar-refractivity contribution in [2.75, 3.05) is 37.8 Å². The van der Waals surface area contributed by atoms with Crippen LogP contribution in [0.2, 0.25) is 0 Å². The Morgan fingerprint density at radius 1 is 1.14 bits per heavy atom. The summed E-state index contributed by atoms with van der Waals surface area (Å²) in [5.41, 5.74) is 0.821. The summed E-state index contributed by atoms with van der Waals surface area (Å²) in [6.07, 6.45) is 2.19. The molecule has 2 aromatic rings. The molecule has 3 rings (SSSR count). The molecule has 5 nitrogen and oxygen atoms in total. The lowest BCUT2D eigenvalue weighted by Gasteiger charge is -2.30. The van der Waals surface area contributed by atoms with Crippen molar-refractivity contribution in [3.05, 3.63) is 71.1 Å². The monoisotopic (exact) mass is 406 g/mol. The Hall–Kier alpha value is -2.84. The number of rotatable bonds is 6. The van der Waals surface area contributed by atoms with Gasteiger partial charge < -0.3 is 20.1 Å². The number of nitrogens with one attached hydrogen (secondary N) is 1. The van der Waals surface area contributed by atoms with Crippen LogP contribution in [-0.4, -0.2) is 43.9 Å². The predicted octanol–water partition coefficient (Wildman–Crippen LogP) is 2.80. The lowest BCUT2D eigenvalue weighted by molar-refractivity contribution is -0.117. The summed E-state index contributed by atoms with van der Waals surface area (Å²) in [5.74, 6) is -2.30. The number of ether oxygens (including phenoxy) is 1. The van der Waals surface area contributed by atoms with Crippen molar-refractivity contribution in [1.82, 2.24) is 5.32 Å². The number of amides is 1. The van der Waals surface area contributed by atoms with Crippen LogP contribution in [0.1, 0.15) is 17.2 Å². The molecule has 1 aliphatic rings.